The van der Waals surface area contributed by atoms with E-state index in [4.69, 9.17) is 0 Å². The molecule has 9 heteroatoms. The van der Waals surface area contributed by atoms with E-state index in [-0.39, 0.29) is 5.82 Å². The van der Waals surface area contributed by atoms with Gasteiger partial charge in [0.1, 0.15) is 17.3 Å². The van der Waals surface area contributed by atoms with Crippen molar-refractivity contribution in [2.75, 3.05) is 13.1 Å². The molecule has 2 N–H and O–H groups in total. The quantitative estimate of drug-likeness (QED) is 0.535. The summed E-state index contributed by atoms with van der Waals surface area (Å²) < 4.78 is 14.3. The summed E-state index contributed by atoms with van der Waals surface area (Å²) in [6, 6.07) is 11.1. The lowest BCUT2D eigenvalue weighted by Crippen LogP contribution is -2.19. The summed E-state index contributed by atoms with van der Waals surface area (Å²) in [5.74, 6) is 0.971. The van der Waals surface area contributed by atoms with Crippen LogP contribution in [-0.4, -0.2) is 54.2 Å². The van der Waals surface area contributed by atoms with Crippen LogP contribution >= 0.6 is 0 Å². The highest BCUT2D eigenvalue weighted by molar-refractivity contribution is 5.99. The predicted octanol–water partition coefficient (Wildman–Crippen LogP) is 3.75. The lowest BCUT2D eigenvalue weighted by Gasteiger charge is -2.11. The van der Waals surface area contributed by atoms with Gasteiger partial charge in [0.05, 0.1) is 12.1 Å². The van der Waals surface area contributed by atoms with Crippen LogP contribution in [0, 0.1) is 5.82 Å². The maximum atomic E-state index is 13.3. The minimum Gasteiger partial charge on any atom is -0.463 e. The number of fused-ring (bicyclic) bond motifs is 1. The fourth-order valence-electron chi connectivity index (χ4n) is 3.87. The number of aromatic nitrogens is 5. The number of hydrogen-bond donors (Lipinski definition) is 2. The van der Waals surface area contributed by atoms with Crippen LogP contribution in [0.15, 0.2) is 42.5 Å². The molecule has 4 aromatic rings. The zero-order chi connectivity index (χ0) is 20.7. The molecule has 1 saturated heterocycles. The minimum absolute atomic E-state index is 0.368. The van der Waals surface area contributed by atoms with Crippen LogP contribution in [0.2, 0.25) is 0 Å². The Labute approximate surface area is 171 Å². The molecule has 0 saturated carbocycles. The van der Waals surface area contributed by atoms with Crippen molar-refractivity contribution in [3.8, 4) is 22.6 Å². The Bertz CT molecular complexity index is 1220. The summed E-state index contributed by atoms with van der Waals surface area (Å²) in [4.78, 5) is 18.6. The van der Waals surface area contributed by atoms with Crippen molar-refractivity contribution in [2.24, 2.45) is 0 Å². The molecule has 1 aliphatic heterocycles. The molecule has 0 spiro atoms. The van der Waals surface area contributed by atoms with Crippen molar-refractivity contribution in [2.45, 2.75) is 19.4 Å². The van der Waals surface area contributed by atoms with Gasteiger partial charge >= 0.3 is 6.09 Å². The fraction of sp³-hybridized carbons (Fsp3) is 0.238. The van der Waals surface area contributed by atoms with Crippen LogP contribution in [0.4, 0.5) is 9.18 Å². The highest BCUT2D eigenvalue weighted by Crippen LogP contribution is 2.31. The Morgan fingerprint density at radius 1 is 1.10 bits per heavy atom. The molecule has 1 fully saturated rings. The van der Waals surface area contributed by atoms with Crippen molar-refractivity contribution < 1.29 is 14.3 Å². The molecule has 152 valence electrons. The number of nitrogens with zero attached hydrogens (tertiary/aromatic N) is 5. The molecule has 0 unspecified atom stereocenters. The van der Waals surface area contributed by atoms with E-state index in [0.29, 0.717) is 28.0 Å². The number of benzene rings is 2. The van der Waals surface area contributed by atoms with Gasteiger partial charge in [-0.15, -0.1) is 0 Å². The highest BCUT2D eigenvalue weighted by Gasteiger charge is 2.19. The minimum atomic E-state index is -1.19. The van der Waals surface area contributed by atoms with Crippen molar-refractivity contribution in [3.05, 3.63) is 54.1 Å². The first-order valence-corrected chi connectivity index (χ1v) is 9.74. The standard InChI is InChI=1S/C21H19FN6O2/c22-15-6-3-13(4-7-15)19-16-11-14(5-8-17(16)28(26-19)21(29)30)20-23-18(24-25-20)12-27-9-1-2-10-27/h3-8,11H,1-2,9-10,12H2,(H,29,30)(H,23,24,25). The first-order valence-electron chi connectivity index (χ1n) is 9.74. The number of likely N-dealkylation sites (tertiary alicyclic amines) is 1. The van der Waals surface area contributed by atoms with E-state index < -0.39 is 6.09 Å². The number of carbonyl (C=O) groups is 1. The van der Waals surface area contributed by atoms with E-state index in [1.165, 1.54) is 25.0 Å². The number of hydrogen-bond acceptors (Lipinski definition) is 5. The van der Waals surface area contributed by atoms with Crippen LogP contribution in [0.1, 0.15) is 18.7 Å². The van der Waals surface area contributed by atoms with Crippen molar-refractivity contribution >= 4 is 17.0 Å². The summed E-state index contributed by atoms with van der Waals surface area (Å²) in [7, 11) is 0. The van der Waals surface area contributed by atoms with Gasteiger partial charge in [0.25, 0.3) is 0 Å². The van der Waals surface area contributed by atoms with E-state index in [2.05, 4.69) is 25.2 Å². The fourth-order valence-corrected chi connectivity index (χ4v) is 3.87. The maximum Gasteiger partial charge on any atom is 0.432 e. The molecule has 0 bridgehead atoms. The molecular weight excluding hydrogens is 387 g/mol. The summed E-state index contributed by atoms with van der Waals surface area (Å²) in [5, 5.41) is 21.7. The van der Waals surface area contributed by atoms with Gasteiger partial charge in [-0.05, 0) is 68.4 Å². The van der Waals surface area contributed by atoms with Crippen LogP contribution < -0.4 is 0 Å². The third kappa shape index (κ3) is 3.33. The van der Waals surface area contributed by atoms with E-state index in [1.54, 1.807) is 24.3 Å². The summed E-state index contributed by atoms with van der Waals surface area (Å²) in [6.07, 6.45) is 1.22. The van der Waals surface area contributed by atoms with Gasteiger partial charge in [0.2, 0.25) is 0 Å². The van der Waals surface area contributed by atoms with Gasteiger partial charge in [-0.3, -0.25) is 10.00 Å². The first-order chi connectivity index (χ1) is 14.6. The third-order valence-electron chi connectivity index (χ3n) is 5.34. The molecule has 0 aliphatic carbocycles. The Morgan fingerprint density at radius 3 is 2.57 bits per heavy atom. The van der Waals surface area contributed by atoms with Gasteiger partial charge in [0.15, 0.2) is 5.82 Å². The van der Waals surface area contributed by atoms with Crippen molar-refractivity contribution in [1.29, 1.82) is 0 Å². The van der Waals surface area contributed by atoms with Crippen molar-refractivity contribution in [3.63, 3.8) is 0 Å². The molecule has 1 aliphatic rings. The molecule has 0 amide bonds. The highest BCUT2D eigenvalue weighted by atomic mass is 19.1. The number of nitrogens with one attached hydrogen (secondary N) is 1. The summed E-state index contributed by atoms with van der Waals surface area (Å²) >= 11 is 0. The third-order valence-corrected chi connectivity index (χ3v) is 5.34. The lowest BCUT2D eigenvalue weighted by atomic mass is 10.1. The number of carboxylic acid groups (broad SMARTS) is 1. The van der Waals surface area contributed by atoms with E-state index >= 15 is 0 Å². The summed E-state index contributed by atoms with van der Waals surface area (Å²) in [6.45, 7) is 2.86. The number of rotatable bonds is 4. The van der Waals surface area contributed by atoms with Crippen molar-refractivity contribution in [1.82, 2.24) is 29.9 Å². The monoisotopic (exact) mass is 406 g/mol. The second-order valence-electron chi connectivity index (χ2n) is 7.37. The molecular formula is C21H19FN6O2. The Hall–Kier alpha value is -3.59. The maximum absolute atomic E-state index is 13.3. The Morgan fingerprint density at radius 2 is 1.83 bits per heavy atom. The van der Waals surface area contributed by atoms with Gasteiger partial charge in [-0.1, -0.05) is 0 Å². The van der Waals surface area contributed by atoms with E-state index in [0.717, 1.165) is 35.7 Å². The number of halogens is 1. The average molecular weight is 406 g/mol. The zero-order valence-electron chi connectivity index (χ0n) is 16.0. The Kier molecular flexibility index (Phi) is 4.51. The van der Waals surface area contributed by atoms with E-state index in [9.17, 15) is 14.3 Å². The van der Waals surface area contributed by atoms with Crippen LogP contribution in [-0.2, 0) is 6.54 Å². The summed E-state index contributed by atoms with van der Waals surface area (Å²) in [5.41, 5.74) is 2.28. The van der Waals surface area contributed by atoms with Crippen LogP contribution in [0.5, 0.6) is 0 Å². The first kappa shape index (κ1) is 18.4. The largest absolute Gasteiger partial charge is 0.463 e. The molecule has 2 aromatic carbocycles. The second kappa shape index (κ2) is 7.34. The van der Waals surface area contributed by atoms with Crippen LogP contribution in [0.3, 0.4) is 0 Å². The smallest absolute Gasteiger partial charge is 0.432 e. The predicted molar refractivity (Wildman–Crippen MR) is 108 cm³/mol. The number of H-pyrrole nitrogens is 1. The van der Waals surface area contributed by atoms with Gasteiger partial charge < -0.3 is 5.11 Å². The van der Waals surface area contributed by atoms with Crippen LogP contribution in [0.25, 0.3) is 33.5 Å². The molecule has 0 atom stereocenters. The molecule has 0 radical (unpaired) electrons. The van der Waals surface area contributed by atoms with Gasteiger partial charge in [-0.2, -0.15) is 14.9 Å². The zero-order valence-corrected chi connectivity index (χ0v) is 16.0. The number of aromatic amines is 1. The molecule has 2 aromatic heterocycles. The molecule has 8 nitrogen and oxygen atoms in total. The van der Waals surface area contributed by atoms with Gasteiger partial charge in [0, 0.05) is 16.5 Å². The molecule has 5 rings (SSSR count). The normalized spacial score (nSPS) is 14.6. The molecule has 30 heavy (non-hydrogen) atoms. The second-order valence-corrected chi connectivity index (χ2v) is 7.37. The SMILES string of the molecule is O=C(O)n1nc(-c2ccc(F)cc2)c2cc(-c3n[nH]c(CN4CCCC4)n3)ccc21. The topological polar surface area (TPSA) is 99.9 Å². The Balaban J connectivity index is 1.56. The average Bonchev–Trinajstić information content (AvgIpc) is 3.48. The van der Waals surface area contributed by atoms with Gasteiger partial charge in [-0.25, -0.2) is 14.2 Å². The van der Waals surface area contributed by atoms with E-state index in [1.807, 2.05) is 6.07 Å². The lowest BCUT2D eigenvalue weighted by molar-refractivity contribution is 0.194. The molecule has 3 heterocycles.